The maximum absolute atomic E-state index is 13.2. The van der Waals surface area contributed by atoms with Crippen LogP contribution in [0.15, 0.2) is 76.8 Å². The van der Waals surface area contributed by atoms with Gasteiger partial charge in [-0.3, -0.25) is 14.9 Å². The quantitative estimate of drug-likeness (QED) is 0.273. The topological polar surface area (TPSA) is 84.9 Å². The second-order valence-corrected chi connectivity index (χ2v) is 9.45. The molecular formula is C27H22BrClN2O5. The van der Waals surface area contributed by atoms with Gasteiger partial charge in [0.05, 0.1) is 16.3 Å². The molecule has 0 aliphatic carbocycles. The van der Waals surface area contributed by atoms with Crippen molar-refractivity contribution in [2.45, 2.75) is 26.6 Å². The summed E-state index contributed by atoms with van der Waals surface area (Å²) in [7, 11) is 0. The molecule has 36 heavy (non-hydrogen) atoms. The molecule has 1 aliphatic rings. The lowest BCUT2D eigenvalue weighted by molar-refractivity contribution is -0.122. The van der Waals surface area contributed by atoms with E-state index in [0.29, 0.717) is 32.2 Å². The number of anilines is 1. The van der Waals surface area contributed by atoms with Crippen LogP contribution in [-0.4, -0.2) is 23.9 Å². The Morgan fingerprint density at radius 3 is 2.42 bits per heavy atom. The number of halogens is 2. The summed E-state index contributed by atoms with van der Waals surface area (Å²) in [6, 6.07) is 18.1. The highest BCUT2D eigenvalue weighted by molar-refractivity contribution is 9.10. The highest BCUT2D eigenvalue weighted by Gasteiger charge is 2.36. The van der Waals surface area contributed by atoms with Gasteiger partial charge in [0, 0.05) is 10.6 Å². The van der Waals surface area contributed by atoms with Gasteiger partial charge in [0.25, 0.3) is 11.8 Å². The molecule has 9 heteroatoms. The Labute approximate surface area is 221 Å². The summed E-state index contributed by atoms with van der Waals surface area (Å²) in [6.45, 7) is 4.09. The minimum Gasteiger partial charge on any atom is -0.490 e. The molecule has 0 unspecified atom stereocenters. The lowest BCUT2D eigenvalue weighted by atomic mass is 10.1. The smallest absolute Gasteiger partial charge is 0.335 e. The van der Waals surface area contributed by atoms with Crippen LogP contribution in [0.1, 0.15) is 25.0 Å². The molecule has 0 saturated carbocycles. The molecule has 3 aromatic carbocycles. The second kappa shape index (κ2) is 11.0. The van der Waals surface area contributed by atoms with Crippen molar-refractivity contribution in [3.05, 3.63) is 92.9 Å². The highest BCUT2D eigenvalue weighted by Crippen LogP contribution is 2.29. The number of ether oxygens (including phenoxy) is 2. The van der Waals surface area contributed by atoms with E-state index in [-0.39, 0.29) is 18.3 Å². The summed E-state index contributed by atoms with van der Waals surface area (Å²) in [5.41, 5.74) is 1.55. The van der Waals surface area contributed by atoms with Gasteiger partial charge < -0.3 is 9.47 Å². The van der Waals surface area contributed by atoms with Gasteiger partial charge >= 0.3 is 6.03 Å². The molecule has 1 N–H and O–H groups in total. The minimum absolute atomic E-state index is 0.0105. The van der Waals surface area contributed by atoms with Crippen molar-refractivity contribution in [3.63, 3.8) is 0 Å². The molecule has 4 rings (SSSR count). The van der Waals surface area contributed by atoms with Crippen LogP contribution in [0.5, 0.6) is 11.5 Å². The summed E-state index contributed by atoms with van der Waals surface area (Å²) in [6.07, 6.45) is 1.42. The van der Waals surface area contributed by atoms with Crippen LogP contribution < -0.4 is 19.7 Å². The third kappa shape index (κ3) is 5.78. The summed E-state index contributed by atoms with van der Waals surface area (Å²) < 4.78 is 12.1. The van der Waals surface area contributed by atoms with Crippen molar-refractivity contribution < 1.29 is 23.9 Å². The molecule has 0 radical (unpaired) electrons. The molecule has 184 valence electrons. The van der Waals surface area contributed by atoms with E-state index in [1.54, 1.807) is 48.5 Å². The summed E-state index contributed by atoms with van der Waals surface area (Å²) in [5, 5.41) is 2.82. The Bertz CT molecular complexity index is 1350. The van der Waals surface area contributed by atoms with Gasteiger partial charge in [-0.15, -0.1) is 0 Å². The van der Waals surface area contributed by atoms with Gasteiger partial charge in [-0.2, -0.15) is 0 Å². The van der Waals surface area contributed by atoms with E-state index < -0.39 is 17.8 Å². The summed E-state index contributed by atoms with van der Waals surface area (Å²) in [5.74, 6) is -0.323. The third-order valence-electron chi connectivity index (χ3n) is 5.18. The lowest BCUT2D eigenvalue weighted by Crippen LogP contribution is -2.54. The fourth-order valence-electron chi connectivity index (χ4n) is 3.48. The Kier molecular flexibility index (Phi) is 7.76. The van der Waals surface area contributed by atoms with Crippen molar-refractivity contribution in [2.24, 2.45) is 0 Å². The first-order chi connectivity index (χ1) is 17.2. The molecule has 0 atom stereocenters. The first-order valence-electron chi connectivity index (χ1n) is 11.1. The SMILES string of the molecule is CC(C)Oc1ccc(/C=C2\C(=O)NC(=O)N(c3ccc(OCc4ccccc4Cl)cc3)C2=O)cc1Br. The third-order valence-corrected chi connectivity index (χ3v) is 6.17. The van der Waals surface area contributed by atoms with Crippen LogP contribution in [0.3, 0.4) is 0 Å². The minimum atomic E-state index is -0.825. The molecular weight excluding hydrogens is 548 g/mol. The zero-order valence-electron chi connectivity index (χ0n) is 19.5. The fourth-order valence-corrected chi connectivity index (χ4v) is 4.16. The fraction of sp³-hybridized carbons (Fsp3) is 0.148. The average Bonchev–Trinajstić information content (AvgIpc) is 2.83. The zero-order valence-corrected chi connectivity index (χ0v) is 21.8. The number of barbiturate groups is 1. The standard InChI is InChI=1S/C27H22BrClN2O5/c1-16(2)36-24-12-7-17(14-22(24)28)13-21-25(32)30-27(34)31(26(21)33)19-8-10-20(11-9-19)35-15-18-5-3-4-6-23(18)29/h3-14,16H,15H2,1-2H3,(H,30,32,34)/b21-13+. The van der Waals surface area contributed by atoms with Crippen LogP contribution in [0.2, 0.25) is 5.02 Å². The van der Waals surface area contributed by atoms with Crippen LogP contribution in [-0.2, 0) is 16.2 Å². The van der Waals surface area contributed by atoms with E-state index in [9.17, 15) is 14.4 Å². The predicted molar refractivity (Wildman–Crippen MR) is 141 cm³/mol. The molecule has 1 fully saturated rings. The monoisotopic (exact) mass is 568 g/mol. The lowest BCUT2D eigenvalue weighted by Gasteiger charge is -2.26. The van der Waals surface area contributed by atoms with Gasteiger partial charge in [0.1, 0.15) is 23.7 Å². The maximum Gasteiger partial charge on any atom is 0.335 e. The molecule has 7 nitrogen and oxygen atoms in total. The van der Waals surface area contributed by atoms with E-state index in [1.165, 1.54) is 6.08 Å². The molecule has 1 saturated heterocycles. The van der Waals surface area contributed by atoms with Crippen LogP contribution in [0.4, 0.5) is 10.5 Å². The zero-order chi connectivity index (χ0) is 25.8. The number of hydrogen-bond donors (Lipinski definition) is 1. The van der Waals surface area contributed by atoms with E-state index in [4.69, 9.17) is 21.1 Å². The number of imide groups is 2. The van der Waals surface area contributed by atoms with Gasteiger partial charge in [0.15, 0.2) is 0 Å². The first kappa shape index (κ1) is 25.5. The second-order valence-electron chi connectivity index (χ2n) is 8.19. The number of rotatable bonds is 7. The maximum atomic E-state index is 13.2. The number of nitrogens with zero attached hydrogens (tertiary/aromatic N) is 1. The van der Waals surface area contributed by atoms with Crippen LogP contribution in [0, 0.1) is 0 Å². The number of carbonyl (C=O) groups is 3. The molecule has 0 bridgehead atoms. The summed E-state index contributed by atoms with van der Waals surface area (Å²) >= 11 is 9.60. The molecule has 1 aliphatic heterocycles. The largest absolute Gasteiger partial charge is 0.490 e. The van der Waals surface area contributed by atoms with Gasteiger partial charge in [-0.25, -0.2) is 9.69 Å². The number of nitrogens with one attached hydrogen (secondary N) is 1. The predicted octanol–water partition coefficient (Wildman–Crippen LogP) is 6.14. The van der Waals surface area contributed by atoms with Crippen LogP contribution >= 0.6 is 27.5 Å². The van der Waals surface area contributed by atoms with E-state index >= 15 is 0 Å². The number of urea groups is 1. The number of hydrogen-bond acceptors (Lipinski definition) is 5. The molecule has 0 spiro atoms. The Morgan fingerprint density at radius 2 is 1.75 bits per heavy atom. The number of carbonyl (C=O) groups excluding carboxylic acids is 3. The van der Waals surface area contributed by atoms with Crippen molar-refractivity contribution in [1.29, 1.82) is 0 Å². The Morgan fingerprint density at radius 1 is 1.03 bits per heavy atom. The van der Waals surface area contributed by atoms with Gasteiger partial charge in [-0.1, -0.05) is 35.9 Å². The van der Waals surface area contributed by atoms with E-state index in [1.807, 2.05) is 32.0 Å². The number of benzene rings is 3. The van der Waals surface area contributed by atoms with E-state index in [2.05, 4.69) is 21.2 Å². The van der Waals surface area contributed by atoms with Crippen molar-refractivity contribution in [2.75, 3.05) is 4.90 Å². The first-order valence-corrected chi connectivity index (χ1v) is 12.2. The molecule has 0 aromatic heterocycles. The van der Waals surface area contributed by atoms with Crippen molar-refractivity contribution in [3.8, 4) is 11.5 Å². The van der Waals surface area contributed by atoms with Gasteiger partial charge in [-0.05, 0) is 83.9 Å². The van der Waals surface area contributed by atoms with Crippen molar-refractivity contribution in [1.82, 2.24) is 5.32 Å². The molecule has 4 amide bonds. The molecule has 3 aromatic rings. The summed E-state index contributed by atoms with van der Waals surface area (Å²) in [4.78, 5) is 39.1. The average molecular weight is 570 g/mol. The number of amides is 4. The van der Waals surface area contributed by atoms with Crippen molar-refractivity contribution >= 4 is 57.1 Å². The van der Waals surface area contributed by atoms with Crippen LogP contribution in [0.25, 0.3) is 6.08 Å². The Hall–Kier alpha value is -3.62. The highest BCUT2D eigenvalue weighted by atomic mass is 79.9. The normalized spacial score (nSPS) is 14.9. The van der Waals surface area contributed by atoms with Gasteiger partial charge in [0.2, 0.25) is 0 Å². The van der Waals surface area contributed by atoms with E-state index in [0.717, 1.165) is 10.5 Å². The molecule has 1 heterocycles. The Balaban J connectivity index is 1.53.